The summed E-state index contributed by atoms with van der Waals surface area (Å²) in [6, 6.07) is 11.9. The highest BCUT2D eigenvalue weighted by molar-refractivity contribution is 5.42. The Hall–Kier alpha value is -1.87. The zero-order chi connectivity index (χ0) is 13.1. The maximum atomic E-state index is 13.2. The van der Waals surface area contributed by atoms with E-state index in [9.17, 15) is 4.39 Å². The van der Waals surface area contributed by atoms with Crippen LogP contribution in [0.1, 0.15) is 24.1 Å². The number of rotatable bonds is 3. The van der Waals surface area contributed by atoms with E-state index in [0.717, 1.165) is 11.1 Å². The van der Waals surface area contributed by atoms with Crippen molar-refractivity contribution >= 4 is 0 Å². The lowest BCUT2D eigenvalue weighted by Gasteiger charge is -2.14. The van der Waals surface area contributed by atoms with Crippen molar-refractivity contribution in [1.82, 2.24) is 0 Å². The Labute approximate surface area is 106 Å². The predicted molar refractivity (Wildman–Crippen MR) is 70.3 cm³/mol. The van der Waals surface area contributed by atoms with Crippen molar-refractivity contribution in [1.29, 1.82) is 0 Å². The number of ether oxygens (including phenoxy) is 1. The van der Waals surface area contributed by atoms with Crippen molar-refractivity contribution in [3.05, 3.63) is 59.4 Å². The van der Waals surface area contributed by atoms with Gasteiger partial charge in [0.15, 0.2) is 0 Å². The summed E-state index contributed by atoms with van der Waals surface area (Å²) < 4.78 is 19.0. The van der Waals surface area contributed by atoms with Gasteiger partial charge in [-0.3, -0.25) is 0 Å². The molecule has 2 N–H and O–H groups in total. The van der Waals surface area contributed by atoms with Gasteiger partial charge in [-0.25, -0.2) is 4.39 Å². The Balaban J connectivity index is 2.37. The summed E-state index contributed by atoms with van der Waals surface area (Å²) in [5.41, 5.74) is 7.67. The highest BCUT2D eigenvalue weighted by Gasteiger charge is 2.09. The van der Waals surface area contributed by atoms with E-state index in [1.807, 2.05) is 38.1 Å². The molecule has 0 amide bonds. The Bertz CT molecular complexity index is 552. The van der Waals surface area contributed by atoms with E-state index < -0.39 is 0 Å². The molecule has 0 unspecified atom stereocenters. The van der Waals surface area contributed by atoms with E-state index >= 15 is 0 Å². The maximum Gasteiger partial charge on any atom is 0.133 e. The van der Waals surface area contributed by atoms with E-state index in [2.05, 4.69) is 0 Å². The van der Waals surface area contributed by atoms with Crippen molar-refractivity contribution in [2.24, 2.45) is 5.73 Å². The monoisotopic (exact) mass is 245 g/mol. The number of nitrogens with two attached hydrogens (primary N) is 1. The molecule has 94 valence electrons. The summed E-state index contributed by atoms with van der Waals surface area (Å²) in [5, 5.41) is 0. The molecule has 0 radical (unpaired) electrons. The van der Waals surface area contributed by atoms with Crippen molar-refractivity contribution in [3.8, 4) is 11.5 Å². The normalized spacial score (nSPS) is 12.2. The minimum absolute atomic E-state index is 0.130. The van der Waals surface area contributed by atoms with Gasteiger partial charge in [-0.15, -0.1) is 0 Å². The molecule has 18 heavy (non-hydrogen) atoms. The van der Waals surface area contributed by atoms with E-state index in [1.165, 1.54) is 12.1 Å². The van der Waals surface area contributed by atoms with Crippen molar-refractivity contribution in [2.45, 2.75) is 19.9 Å². The second-order valence-electron chi connectivity index (χ2n) is 4.34. The van der Waals surface area contributed by atoms with Crippen molar-refractivity contribution < 1.29 is 9.13 Å². The first-order chi connectivity index (χ1) is 8.58. The molecule has 0 aliphatic rings. The zero-order valence-corrected chi connectivity index (χ0v) is 10.5. The fraction of sp³-hybridized carbons (Fsp3) is 0.200. The van der Waals surface area contributed by atoms with Crippen LogP contribution in [0.4, 0.5) is 4.39 Å². The van der Waals surface area contributed by atoms with E-state index in [1.54, 1.807) is 6.07 Å². The number of benzene rings is 2. The van der Waals surface area contributed by atoms with Crippen LogP contribution in [0.3, 0.4) is 0 Å². The smallest absolute Gasteiger partial charge is 0.133 e. The van der Waals surface area contributed by atoms with Gasteiger partial charge in [-0.1, -0.05) is 24.3 Å². The van der Waals surface area contributed by atoms with Gasteiger partial charge >= 0.3 is 0 Å². The maximum absolute atomic E-state index is 13.2. The summed E-state index contributed by atoms with van der Waals surface area (Å²) >= 11 is 0. The van der Waals surface area contributed by atoms with E-state index in [0.29, 0.717) is 11.5 Å². The molecule has 0 bridgehead atoms. The highest BCUT2D eigenvalue weighted by atomic mass is 19.1. The number of aryl methyl sites for hydroxylation is 1. The number of para-hydroxylation sites is 1. The molecule has 0 heterocycles. The van der Waals surface area contributed by atoms with Gasteiger partial charge < -0.3 is 10.5 Å². The molecule has 2 nitrogen and oxygen atoms in total. The van der Waals surface area contributed by atoms with Crippen LogP contribution in [0.2, 0.25) is 0 Å². The Morgan fingerprint density at radius 2 is 1.83 bits per heavy atom. The van der Waals surface area contributed by atoms with Gasteiger partial charge in [0, 0.05) is 17.7 Å². The van der Waals surface area contributed by atoms with Crippen LogP contribution in [-0.4, -0.2) is 0 Å². The van der Waals surface area contributed by atoms with Crippen molar-refractivity contribution in [3.63, 3.8) is 0 Å². The Kier molecular flexibility index (Phi) is 3.63. The first kappa shape index (κ1) is 12.6. The fourth-order valence-corrected chi connectivity index (χ4v) is 1.75. The van der Waals surface area contributed by atoms with Gasteiger partial charge in [0.2, 0.25) is 0 Å². The molecule has 0 aromatic heterocycles. The number of hydrogen-bond acceptors (Lipinski definition) is 2. The van der Waals surface area contributed by atoms with E-state index in [4.69, 9.17) is 10.5 Å². The topological polar surface area (TPSA) is 35.2 Å². The lowest BCUT2D eigenvalue weighted by Crippen LogP contribution is -2.06. The van der Waals surface area contributed by atoms with Gasteiger partial charge in [-0.2, -0.15) is 0 Å². The molecule has 2 rings (SSSR count). The third-order valence-electron chi connectivity index (χ3n) is 2.78. The molecule has 0 aliphatic heterocycles. The molecule has 0 saturated carbocycles. The van der Waals surface area contributed by atoms with Gasteiger partial charge in [-0.05, 0) is 31.5 Å². The molecule has 2 aromatic rings. The van der Waals surface area contributed by atoms with Crippen LogP contribution in [0.25, 0.3) is 0 Å². The molecule has 0 spiro atoms. The predicted octanol–water partition coefficient (Wildman–Crippen LogP) is 3.95. The van der Waals surface area contributed by atoms with Crippen LogP contribution in [0.15, 0.2) is 42.5 Å². The number of hydrogen-bond donors (Lipinski definition) is 1. The minimum atomic E-state index is -0.311. The third-order valence-corrected chi connectivity index (χ3v) is 2.78. The quantitative estimate of drug-likeness (QED) is 0.888. The molecule has 3 heteroatoms. The number of halogens is 1. The second-order valence-corrected chi connectivity index (χ2v) is 4.34. The summed E-state index contributed by atoms with van der Waals surface area (Å²) in [6.45, 7) is 3.77. The highest BCUT2D eigenvalue weighted by Crippen LogP contribution is 2.30. The van der Waals surface area contributed by atoms with Crippen LogP contribution < -0.4 is 10.5 Å². The first-order valence-corrected chi connectivity index (χ1v) is 5.86. The summed E-state index contributed by atoms with van der Waals surface area (Å²) in [6.07, 6.45) is 0. The van der Waals surface area contributed by atoms with Crippen LogP contribution in [-0.2, 0) is 0 Å². The lowest BCUT2D eigenvalue weighted by atomic mass is 10.1. The van der Waals surface area contributed by atoms with Gasteiger partial charge in [0.05, 0.1) is 0 Å². The third kappa shape index (κ3) is 2.68. The summed E-state index contributed by atoms with van der Waals surface area (Å²) in [4.78, 5) is 0. The average Bonchev–Trinajstić information content (AvgIpc) is 2.34. The first-order valence-electron chi connectivity index (χ1n) is 5.86. The average molecular weight is 245 g/mol. The zero-order valence-electron chi connectivity index (χ0n) is 10.5. The summed E-state index contributed by atoms with van der Waals surface area (Å²) in [7, 11) is 0. The van der Waals surface area contributed by atoms with E-state index in [-0.39, 0.29) is 11.9 Å². The largest absolute Gasteiger partial charge is 0.457 e. The van der Waals surface area contributed by atoms with Crippen LogP contribution >= 0.6 is 0 Å². The SMILES string of the molecule is Cc1ccc(F)cc1Oc1ccccc1[C@@H](C)N. The summed E-state index contributed by atoms with van der Waals surface area (Å²) in [5.74, 6) is 0.873. The molecule has 0 saturated heterocycles. The standard InChI is InChI=1S/C15H16FNO/c1-10-7-8-12(16)9-15(10)18-14-6-4-3-5-13(14)11(2)17/h3-9,11H,17H2,1-2H3/t11-/m1/s1. The lowest BCUT2D eigenvalue weighted by molar-refractivity contribution is 0.463. The van der Waals surface area contributed by atoms with Gasteiger partial charge in [0.1, 0.15) is 17.3 Å². The molecular weight excluding hydrogens is 229 g/mol. The molecule has 0 fully saturated rings. The second kappa shape index (κ2) is 5.19. The minimum Gasteiger partial charge on any atom is -0.457 e. The van der Waals surface area contributed by atoms with Crippen LogP contribution in [0, 0.1) is 12.7 Å². The van der Waals surface area contributed by atoms with Crippen molar-refractivity contribution in [2.75, 3.05) is 0 Å². The Morgan fingerprint density at radius 1 is 1.11 bits per heavy atom. The molecule has 0 aliphatic carbocycles. The van der Waals surface area contributed by atoms with Gasteiger partial charge in [0.25, 0.3) is 0 Å². The fourth-order valence-electron chi connectivity index (χ4n) is 1.75. The molecular formula is C15H16FNO. The Morgan fingerprint density at radius 3 is 2.56 bits per heavy atom. The molecule has 2 aromatic carbocycles. The van der Waals surface area contributed by atoms with Crippen LogP contribution in [0.5, 0.6) is 11.5 Å². The molecule has 1 atom stereocenters.